The molecule has 7 nitrogen and oxygen atoms in total. The van der Waals surface area contributed by atoms with E-state index in [9.17, 15) is 4.39 Å². The van der Waals surface area contributed by atoms with E-state index in [1.54, 1.807) is 0 Å². The standard InChI is InChI=1S/C29H29FN6O/c1-19-12-21-14-23(16-25(30)24(21)13-19)37-29-33-27(17-28(34-29)36-10-8-35(2)9-11-36)32-26-15-22(18-31-26)20-6-4-3-5-7-20/h3-7,12,14-17H,8-11,13,18H2,1-2H3,(H,31,32,33,34). The number of halogens is 1. The number of nitrogens with one attached hydrogen (secondary N) is 1. The van der Waals surface area contributed by atoms with Crippen LogP contribution in [-0.2, 0) is 6.42 Å². The number of ether oxygens (including phenoxy) is 1. The number of nitrogens with zero attached hydrogens (tertiary/aromatic N) is 5. The molecule has 3 aliphatic rings. The number of fused-ring (bicyclic) bond motifs is 1. The topological polar surface area (TPSA) is 65.9 Å². The largest absolute Gasteiger partial charge is 0.424 e. The Bertz CT molecular complexity index is 1420. The molecule has 0 unspecified atom stereocenters. The highest BCUT2D eigenvalue weighted by atomic mass is 19.1. The van der Waals surface area contributed by atoms with Gasteiger partial charge in [-0.25, -0.2) is 4.39 Å². The molecule has 0 bridgehead atoms. The Morgan fingerprint density at radius 3 is 2.59 bits per heavy atom. The zero-order valence-electron chi connectivity index (χ0n) is 21.0. The van der Waals surface area contributed by atoms with Crippen LogP contribution in [0.15, 0.2) is 65.2 Å². The molecule has 1 saturated heterocycles. The third kappa shape index (κ3) is 5.11. The highest BCUT2D eigenvalue weighted by molar-refractivity contribution is 6.10. The van der Waals surface area contributed by atoms with E-state index in [4.69, 9.17) is 9.72 Å². The summed E-state index contributed by atoms with van der Waals surface area (Å²) in [6, 6.07) is 15.6. The van der Waals surface area contributed by atoms with Crippen LogP contribution in [0, 0.1) is 5.82 Å². The maximum Gasteiger partial charge on any atom is 0.325 e. The second kappa shape index (κ2) is 9.78. The summed E-state index contributed by atoms with van der Waals surface area (Å²) in [7, 11) is 2.12. The van der Waals surface area contributed by atoms with Crippen molar-refractivity contribution in [3.05, 3.63) is 82.7 Å². The van der Waals surface area contributed by atoms with Gasteiger partial charge in [0.15, 0.2) is 0 Å². The summed E-state index contributed by atoms with van der Waals surface area (Å²) >= 11 is 0. The van der Waals surface area contributed by atoms with E-state index in [1.165, 1.54) is 6.07 Å². The smallest absolute Gasteiger partial charge is 0.325 e. The first-order valence-corrected chi connectivity index (χ1v) is 12.6. The molecular formula is C29H29FN6O. The number of amidine groups is 1. The number of likely N-dealkylation sites (N-methyl/N-ethyl adjacent to an activating group) is 1. The van der Waals surface area contributed by atoms with Crippen LogP contribution in [0.3, 0.4) is 0 Å². The fourth-order valence-corrected chi connectivity index (χ4v) is 4.89. The first kappa shape index (κ1) is 23.4. The van der Waals surface area contributed by atoms with Gasteiger partial charge in [0.1, 0.15) is 29.0 Å². The van der Waals surface area contributed by atoms with Gasteiger partial charge in [-0.2, -0.15) is 9.97 Å². The van der Waals surface area contributed by atoms with E-state index in [1.807, 2.05) is 49.4 Å². The van der Waals surface area contributed by atoms with Crippen molar-refractivity contribution < 1.29 is 9.13 Å². The number of hydrogen-bond donors (Lipinski definition) is 1. The normalized spacial score (nSPS) is 17.3. The zero-order chi connectivity index (χ0) is 25.4. The molecule has 0 radical (unpaired) electrons. The molecule has 2 aliphatic heterocycles. The number of aromatic nitrogens is 2. The Morgan fingerprint density at radius 2 is 1.78 bits per heavy atom. The molecule has 1 aliphatic carbocycles. The van der Waals surface area contributed by atoms with Crippen molar-refractivity contribution >= 4 is 29.1 Å². The van der Waals surface area contributed by atoms with Gasteiger partial charge < -0.3 is 19.9 Å². The van der Waals surface area contributed by atoms with Gasteiger partial charge in [-0.05, 0) is 54.8 Å². The monoisotopic (exact) mass is 496 g/mol. The van der Waals surface area contributed by atoms with Crippen molar-refractivity contribution in [3.63, 3.8) is 0 Å². The van der Waals surface area contributed by atoms with Gasteiger partial charge in [0, 0.05) is 38.3 Å². The third-order valence-corrected chi connectivity index (χ3v) is 6.92. The van der Waals surface area contributed by atoms with E-state index in [-0.39, 0.29) is 11.8 Å². The minimum atomic E-state index is -0.270. The number of aliphatic imine (C=N–C) groups is 1. The summed E-state index contributed by atoms with van der Waals surface area (Å²) in [6.07, 6.45) is 4.66. The Morgan fingerprint density at radius 1 is 0.973 bits per heavy atom. The molecule has 1 aromatic heterocycles. The molecule has 1 fully saturated rings. The molecule has 1 N–H and O–H groups in total. The molecule has 8 heteroatoms. The van der Waals surface area contributed by atoms with Crippen molar-refractivity contribution in [2.45, 2.75) is 13.3 Å². The first-order valence-electron chi connectivity index (χ1n) is 12.6. The van der Waals surface area contributed by atoms with Gasteiger partial charge >= 0.3 is 6.01 Å². The molecule has 3 heterocycles. The number of allylic oxidation sites excluding steroid dienone is 1. The lowest BCUT2D eigenvalue weighted by Gasteiger charge is -2.33. The number of benzene rings is 2. The van der Waals surface area contributed by atoms with Gasteiger partial charge in [-0.15, -0.1) is 0 Å². The van der Waals surface area contributed by atoms with Gasteiger partial charge in [-0.3, -0.25) is 4.99 Å². The van der Waals surface area contributed by atoms with Crippen molar-refractivity contribution in [2.24, 2.45) is 4.99 Å². The van der Waals surface area contributed by atoms with Crippen LogP contribution >= 0.6 is 0 Å². The molecule has 6 rings (SSSR count). The predicted octanol–water partition coefficient (Wildman–Crippen LogP) is 5.03. The van der Waals surface area contributed by atoms with Crippen LogP contribution in [0.4, 0.5) is 16.0 Å². The van der Waals surface area contributed by atoms with Crippen LogP contribution in [0.25, 0.3) is 11.6 Å². The lowest BCUT2D eigenvalue weighted by molar-refractivity contribution is 0.311. The zero-order valence-corrected chi connectivity index (χ0v) is 21.0. The average Bonchev–Trinajstić information content (AvgIpc) is 3.51. The quantitative estimate of drug-likeness (QED) is 0.535. The van der Waals surface area contributed by atoms with E-state index >= 15 is 0 Å². The number of anilines is 2. The average molecular weight is 497 g/mol. The van der Waals surface area contributed by atoms with E-state index in [0.29, 0.717) is 30.1 Å². The SMILES string of the molecule is CC1=Cc2cc(Oc3nc(NC4=NCC(c5ccccc5)=C4)cc(N4CCN(C)CC4)n3)cc(F)c2C1. The van der Waals surface area contributed by atoms with Gasteiger partial charge in [0.05, 0.1) is 6.54 Å². The first-order chi connectivity index (χ1) is 18.0. The molecule has 2 aromatic carbocycles. The minimum Gasteiger partial charge on any atom is -0.424 e. The van der Waals surface area contributed by atoms with Crippen LogP contribution in [-0.4, -0.2) is 60.5 Å². The predicted molar refractivity (Wildman–Crippen MR) is 146 cm³/mol. The molecule has 0 spiro atoms. The van der Waals surface area contributed by atoms with Crippen LogP contribution in [0.1, 0.15) is 23.6 Å². The Hall–Kier alpha value is -4.04. The molecule has 37 heavy (non-hydrogen) atoms. The van der Waals surface area contributed by atoms with Crippen molar-refractivity contribution in [3.8, 4) is 11.8 Å². The Labute approximate surface area is 216 Å². The van der Waals surface area contributed by atoms with Crippen LogP contribution in [0.2, 0.25) is 0 Å². The number of piperazine rings is 1. The lowest BCUT2D eigenvalue weighted by Crippen LogP contribution is -2.44. The third-order valence-electron chi connectivity index (χ3n) is 6.92. The summed E-state index contributed by atoms with van der Waals surface area (Å²) in [6.45, 7) is 6.20. The van der Waals surface area contributed by atoms with Crippen LogP contribution in [0.5, 0.6) is 11.8 Å². The highest BCUT2D eigenvalue weighted by Gasteiger charge is 2.21. The maximum absolute atomic E-state index is 14.8. The molecule has 3 aromatic rings. The number of rotatable bonds is 5. The summed E-state index contributed by atoms with van der Waals surface area (Å²) < 4.78 is 20.8. The van der Waals surface area contributed by atoms with Crippen molar-refractivity contribution in [2.75, 3.05) is 50.0 Å². The highest BCUT2D eigenvalue weighted by Crippen LogP contribution is 2.33. The molecule has 0 amide bonds. The molecular weight excluding hydrogens is 467 g/mol. The number of hydrogen-bond acceptors (Lipinski definition) is 7. The fourth-order valence-electron chi connectivity index (χ4n) is 4.89. The second-order valence-corrected chi connectivity index (χ2v) is 9.79. The van der Waals surface area contributed by atoms with E-state index < -0.39 is 0 Å². The van der Waals surface area contributed by atoms with E-state index in [0.717, 1.165) is 60.1 Å². The van der Waals surface area contributed by atoms with Gasteiger partial charge in [0.2, 0.25) is 0 Å². The Kier molecular flexibility index (Phi) is 6.18. The fraction of sp³-hybridized carbons (Fsp3) is 0.276. The van der Waals surface area contributed by atoms with Crippen LogP contribution < -0.4 is 15.0 Å². The lowest BCUT2D eigenvalue weighted by atomic mass is 10.1. The van der Waals surface area contributed by atoms with Gasteiger partial charge in [0.25, 0.3) is 0 Å². The van der Waals surface area contributed by atoms with Gasteiger partial charge in [-0.1, -0.05) is 42.0 Å². The summed E-state index contributed by atoms with van der Waals surface area (Å²) in [5.74, 6) is 2.20. The minimum absolute atomic E-state index is 0.169. The second-order valence-electron chi connectivity index (χ2n) is 9.79. The summed E-state index contributed by atoms with van der Waals surface area (Å²) in [4.78, 5) is 18.5. The summed E-state index contributed by atoms with van der Waals surface area (Å²) in [5, 5.41) is 3.34. The summed E-state index contributed by atoms with van der Waals surface area (Å²) in [5.41, 5.74) is 4.98. The maximum atomic E-state index is 14.8. The Balaban J connectivity index is 1.29. The van der Waals surface area contributed by atoms with Crippen molar-refractivity contribution in [1.29, 1.82) is 0 Å². The molecule has 188 valence electrons. The molecule has 0 saturated carbocycles. The molecule has 0 atom stereocenters. The van der Waals surface area contributed by atoms with E-state index in [2.05, 4.69) is 44.3 Å². The van der Waals surface area contributed by atoms with Crippen molar-refractivity contribution in [1.82, 2.24) is 14.9 Å².